The molecule has 19 heavy (non-hydrogen) atoms. The zero-order valence-corrected chi connectivity index (χ0v) is 11.7. The molecule has 2 atom stereocenters. The van der Waals surface area contributed by atoms with E-state index >= 15 is 0 Å². The number of urea groups is 1. The van der Waals surface area contributed by atoms with E-state index in [1.807, 2.05) is 0 Å². The number of carboxylic acid groups (broad SMARTS) is 1. The van der Waals surface area contributed by atoms with Crippen molar-refractivity contribution in [3.63, 3.8) is 0 Å². The number of carbonyl (C=O) groups is 2. The first kappa shape index (κ1) is 15.8. The van der Waals surface area contributed by atoms with E-state index in [-0.39, 0.29) is 12.1 Å². The van der Waals surface area contributed by atoms with Crippen LogP contribution in [0.4, 0.5) is 4.79 Å². The summed E-state index contributed by atoms with van der Waals surface area (Å²) < 4.78 is 0. The molecule has 1 aliphatic rings. The van der Waals surface area contributed by atoms with Crippen molar-refractivity contribution in [3.8, 4) is 0 Å². The zero-order valence-electron chi connectivity index (χ0n) is 11.7. The molecule has 1 rings (SSSR count). The van der Waals surface area contributed by atoms with E-state index in [0.29, 0.717) is 12.8 Å². The third kappa shape index (κ3) is 3.83. The number of amides is 2. The number of hydrogen-bond acceptors (Lipinski definition) is 3. The average molecular weight is 271 g/mol. The molecule has 5 N–H and O–H groups in total. The van der Waals surface area contributed by atoms with Gasteiger partial charge in [-0.2, -0.15) is 0 Å². The van der Waals surface area contributed by atoms with Gasteiger partial charge in [0, 0.05) is 12.1 Å². The lowest BCUT2D eigenvalue weighted by Gasteiger charge is -2.32. The first-order valence-electron chi connectivity index (χ1n) is 7.03. The molecule has 0 aromatic heterocycles. The van der Waals surface area contributed by atoms with E-state index in [1.54, 1.807) is 13.8 Å². The second-order valence-corrected chi connectivity index (χ2v) is 5.25. The van der Waals surface area contributed by atoms with Crippen LogP contribution in [0.15, 0.2) is 0 Å². The van der Waals surface area contributed by atoms with Gasteiger partial charge in [0.2, 0.25) is 0 Å². The molecule has 110 valence electrons. The van der Waals surface area contributed by atoms with Crippen LogP contribution in [-0.4, -0.2) is 34.7 Å². The van der Waals surface area contributed by atoms with Crippen molar-refractivity contribution < 1.29 is 14.7 Å². The molecule has 0 aromatic carbocycles. The minimum atomic E-state index is -1.19. The normalized spacial score (nSPS) is 23.7. The topological polar surface area (TPSA) is 104 Å². The summed E-state index contributed by atoms with van der Waals surface area (Å²) in [6.45, 7) is 3.51. The SMILES string of the molecule is CCC(CC)(NC(=O)NC1CCCCC1N)C(=O)O. The molecule has 1 aliphatic carbocycles. The van der Waals surface area contributed by atoms with Crippen molar-refractivity contribution in [1.29, 1.82) is 0 Å². The van der Waals surface area contributed by atoms with Crippen molar-refractivity contribution in [1.82, 2.24) is 10.6 Å². The van der Waals surface area contributed by atoms with Crippen LogP contribution in [0.1, 0.15) is 52.4 Å². The Morgan fingerprint density at radius 2 is 1.84 bits per heavy atom. The van der Waals surface area contributed by atoms with E-state index in [2.05, 4.69) is 10.6 Å². The number of carbonyl (C=O) groups excluding carboxylic acids is 1. The number of carboxylic acids is 1. The highest BCUT2D eigenvalue weighted by atomic mass is 16.4. The van der Waals surface area contributed by atoms with Crippen molar-refractivity contribution in [2.24, 2.45) is 5.73 Å². The van der Waals surface area contributed by atoms with Gasteiger partial charge in [-0.15, -0.1) is 0 Å². The molecular weight excluding hydrogens is 246 g/mol. The third-order valence-corrected chi connectivity index (χ3v) is 4.11. The number of nitrogens with one attached hydrogen (secondary N) is 2. The minimum absolute atomic E-state index is 0.0398. The lowest BCUT2D eigenvalue weighted by atomic mass is 9.91. The molecule has 1 saturated carbocycles. The Hall–Kier alpha value is -1.30. The summed E-state index contributed by atoms with van der Waals surface area (Å²) in [5, 5.41) is 14.7. The maximum Gasteiger partial charge on any atom is 0.329 e. The molecule has 6 nitrogen and oxygen atoms in total. The Labute approximate surface area is 114 Å². The molecule has 2 amide bonds. The smallest absolute Gasteiger partial charge is 0.329 e. The molecule has 0 saturated heterocycles. The van der Waals surface area contributed by atoms with Gasteiger partial charge < -0.3 is 21.5 Å². The van der Waals surface area contributed by atoms with Gasteiger partial charge >= 0.3 is 12.0 Å². The lowest BCUT2D eigenvalue weighted by Crippen LogP contribution is -2.60. The van der Waals surface area contributed by atoms with Crippen molar-refractivity contribution in [2.45, 2.75) is 70.0 Å². The van der Waals surface area contributed by atoms with E-state index in [9.17, 15) is 14.7 Å². The van der Waals surface area contributed by atoms with E-state index in [0.717, 1.165) is 25.7 Å². The average Bonchev–Trinajstić information content (AvgIpc) is 2.38. The van der Waals surface area contributed by atoms with Crippen LogP contribution in [0.2, 0.25) is 0 Å². The first-order chi connectivity index (χ1) is 8.95. The predicted molar refractivity (Wildman–Crippen MR) is 72.8 cm³/mol. The van der Waals surface area contributed by atoms with Crippen LogP contribution in [0.5, 0.6) is 0 Å². The number of rotatable bonds is 5. The second kappa shape index (κ2) is 6.75. The van der Waals surface area contributed by atoms with Crippen LogP contribution in [0, 0.1) is 0 Å². The maximum atomic E-state index is 12.0. The molecular formula is C13H25N3O3. The van der Waals surface area contributed by atoms with Crippen molar-refractivity contribution >= 4 is 12.0 Å². The summed E-state index contributed by atoms with van der Waals surface area (Å²) in [4.78, 5) is 23.3. The van der Waals surface area contributed by atoms with E-state index < -0.39 is 17.5 Å². The summed E-state index contributed by atoms with van der Waals surface area (Å²) in [6.07, 6.45) is 4.59. The summed E-state index contributed by atoms with van der Waals surface area (Å²) in [6, 6.07) is -0.538. The summed E-state index contributed by atoms with van der Waals surface area (Å²) in [7, 11) is 0. The standard InChI is InChI=1S/C13H25N3O3/c1-3-13(4-2,11(17)18)16-12(19)15-10-8-6-5-7-9(10)14/h9-10H,3-8,14H2,1-2H3,(H,17,18)(H2,15,16,19). The Kier molecular flexibility index (Phi) is 5.60. The highest BCUT2D eigenvalue weighted by Crippen LogP contribution is 2.18. The van der Waals surface area contributed by atoms with Gasteiger partial charge in [0.05, 0.1) is 0 Å². The predicted octanol–water partition coefficient (Wildman–Crippen LogP) is 1.20. The van der Waals surface area contributed by atoms with Crippen LogP contribution in [0.3, 0.4) is 0 Å². The fraction of sp³-hybridized carbons (Fsp3) is 0.846. The maximum absolute atomic E-state index is 12.0. The Balaban J connectivity index is 2.60. The summed E-state index contributed by atoms with van der Waals surface area (Å²) in [5.41, 5.74) is 4.77. The molecule has 0 aliphatic heterocycles. The quantitative estimate of drug-likeness (QED) is 0.603. The highest BCUT2D eigenvalue weighted by Gasteiger charge is 2.37. The monoisotopic (exact) mass is 271 g/mol. The fourth-order valence-corrected chi connectivity index (χ4v) is 2.54. The van der Waals surface area contributed by atoms with Gasteiger partial charge in [0.25, 0.3) is 0 Å². The van der Waals surface area contributed by atoms with Gasteiger partial charge in [-0.25, -0.2) is 9.59 Å². The molecule has 0 aromatic rings. The Bertz CT molecular complexity index is 329. The molecule has 2 unspecified atom stereocenters. The lowest BCUT2D eigenvalue weighted by molar-refractivity contribution is -0.144. The Morgan fingerprint density at radius 1 is 1.26 bits per heavy atom. The van der Waals surface area contributed by atoms with Gasteiger partial charge in [0.1, 0.15) is 5.54 Å². The summed E-state index contributed by atoms with van der Waals surface area (Å²) >= 11 is 0. The van der Waals surface area contributed by atoms with Crippen molar-refractivity contribution in [3.05, 3.63) is 0 Å². The third-order valence-electron chi connectivity index (χ3n) is 4.11. The largest absolute Gasteiger partial charge is 0.480 e. The van der Waals surface area contributed by atoms with Crippen LogP contribution < -0.4 is 16.4 Å². The Morgan fingerprint density at radius 3 is 2.32 bits per heavy atom. The van der Waals surface area contributed by atoms with Crippen LogP contribution >= 0.6 is 0 Å². The molecule has 1 fully saturated rings. The fourth-order valence-electron chi connectivity index (χ4n) is 2.54. The molecule has 0 heterocycles. The van der Waals surface area contributed by atoms with Crippen LogP contribution in [0.25, 0.3) is 0 Å². The molecule has 0 bridgehead atoms. The second-order valence-electron chi connectivity index (χ2n) is 5.25. The minimum Gasteiger partial charge on any atom is -0.480 e. The molecule has 0 radical (unpaired) electrons. The van der Waals surface area contributed by atoms with E-state index in [1.165, 1.54) is 0 Å². The van der Waals surface area contributed by atoms with Crippen molar-refractivity contribution in [2.75, 3.05) is 0 Å². The number of nitrogens with two attached hydrogens (primary N) is 1. The number of hydrogen-bond donors (Lipinski definition) is 4. The highest BCUT2D eigenvalue weighted by molar-refractivity contribution is 5.86. The van der Waals surface area contributed by atoms with Crippen LogP contribution in [-0.2, 0) is 4.79 Å². The zero-order chi connectivity index (χ0) is 14.5. The molecule has 6 heteroatoms. The summed E-state index contributed by atoms with van der Waals surface area (Å²) in [5.74, 6) is -0.999. The van der Waals surface area contributed by atoms with Gasteiger partial charge in [0.15, 0.2) is 0 Å². The first-order valence-corrected chi connectivity index (χ1v) is 7.03. The van der Waals surface area contributed by atoms with Gasteiger partial charge in [-0.3, -0.25) is 0 Å². The van der Waals surface area contributed by atoms with Gasteiger partial charge in [-0.1, -0.05) is 26.7 Å². The van der Waals surface area contributed by atoms with E-state index in [4.69, 9.17) is 5.73 Å². The van der Waals surface area contributed by atoms with Gasteiger partial charge in [-0.05, 0) is 25.7 Å². The number of aliphatic carboxylic acids is 1. The molecule has 0 spiro atoms.